The number of thioether (sulfide) groups is 1. The first-order valence-electron chi connectivity index (χ1n) is 4.43. The van der Waals surface area contributed by atoms with Crippen LogP contribution in [-0.4, -0.2) is 11.0 Å². The Kier molecular flexibility index (Phi) is 4.67. The number of carbonyl (C=O) groups excluding carboxylic acids is 1. The van der Waals surface area contributed by atoms with Crippen molar-refractivity contribution >= 4 is 29.1 Å². The summed E-state index contributed by atoms with van der Waals surface area (Å²) in [6.45, 7) is 1.49. The summed E-state index contributed by atoms with van der Waals surface area (Å²) in [5.74, 6) is 0.00136. The molecule has 78 valence electrons. The molecular weight excluding hydrogens is 230 g/mol. The summed E-state index contributed by atoms with van der Waals surface area (Å²) >= 11 is 6.96. The third-order valence-electron chi connectivity index (χ3n) is 2.01. The molecule has 0 heterocycles. The first kappa shape index (κ1) is 12.1. The Labute approximate surface area is 98.2 Å². The van der Waals surface area contributed by atoms with Gasteiger partial charge in [-0.25, -0.2) is 0 Å². The highest BCUT2D eigenvalue weighted by atomic mass is 35.5. The molecule has 0 aliphatic carbocycles. The first-order chi connectivity index (χ1) is 7.15. The number of hydrogen-bond donors (Lipinski definition) is 0. The predicted molar refractivity (Wildman–Crippen MR) is 62.8 cm³/mol. The van der Waals surface area contributed by atoms with E-state index in [2.05, 4.69) is 0 Å². The number of carbonyl (C=O) groups is 1. The molecule has 0 aromatic heterocycles. The Bertz CT molecular complexity index is 400. The lowest BCUT2D eigenvalue weighted by Crippen LogP contribution is -2.16. The van der Waals surface area contributed by atoms with E-state index in [1.54, 1.807) is 6.07 Å². The maximum absolute atomic E-state index is 11.2. The molecule has 15 heavy (non-hydrogen) atoms. The number of benzene rings is 1. The van der Waals surface area contributed by atoms with Gasteiger partial charge in [0.15, 0.2) is 0 Å². The zero-order chi connectivity index (χ0) is 11.3. The molecule has 0 saturated carbocycles. The highest BCUT2D eigenvalue weighted by Crippen LogP contribution is 2.22. The lowest BCUT2D eigenvalue weighted by Gasteiger charge is -2.09. The van der Waals surface area contributed by atoms with Crippen molar-refractivity contribution in [3.05, 3.63) is 34.9 Å². The van der Waals surface area contributed by atoms with Gasteiger partial charge >= 0.3 is 0 Å². The summed E-state index contributed by atoms with van der Waals surface area (Å²) in [6.07, 6.45) is 0.507. The molecule has 0 radical (unpaired) electrons. The normalized spacial score (nSPS) is 11.8. The second-order valence-electron chi connectivity index (χ2n) is 3.10. The summed E-state index contributed by atoms with van der Waals surface area (Å²) in [7, 11) is 0. The molecule has 0 unspecified atom stereocenters. The fourth-order valence-corrected chi connectivity index (χ4v) is 1.96. The molecule has 0 fully saturated rings. The number of nitrogens with zero attached hydrogens (tertiary/aromatic N) is 1. The third-order valence-corrected chi connectivity index (χ3v) is 3.27. The molecule has 0 spiro atoms. The molecule has 0 aliphatic rings. The van der Waals surface area contributed by atoms with Crippen molar-refractivity contribution in [2.45, 2.75) is 18.6 Å². The second-order valence-corrected chi connectivity index (χ2v) is 4.50. The largest absolute Gasteiger partial charge is 0.299 e. The quantitative estimate of drug-likeness (QED) is 0.759. The average Bonchev–Trinajstić information content (AvgIpc) is 2.20. The number of ketones is 1. The van der Waals surface area contributed by atoms with Crippen molar-refractivity contribution < 1.29 is 4.79 Å². The molecule has 0 bridgehead atoms. The van der Waals surface area contributed by atoms with Crippen molar-refractivity contribution in [1.29, 1.82) is 5.26 Å². The van der Waals surface area contributed by atoms with Crippen molar-refractivity contribution in [3.8, 4) is 5.40 Å². The van der Waals surface area contributed by atoms with Crippen LogP contribution in [0.25, 0.3) is 0 Å². The fraction of sp³-hybridized carbons (Fsp3) is 0.273. The Morgan fingerprint density at radius 2 is 2.27 bits per heavy atom. The summed E-state index contributed by atoms with van der Waals surface area (Å²) in [6, 6.07) is 7.36. The van der Waals surface area contributed by atoms with Crippen molar-refractivity contribution in [3.63, 3.8) is 0 Å². The van der Waals surface area contributed by atoms with Gasteiger partial charge < -0.3 is 0 Å². The minimum absolute atomic E-state index is 0.00136. The molecule has 0 amide bonds. The van der Waals surface area contributed by atoms with Crippen LogP contribution >= 0.6 is 23.4 Å². The van der Waals surface area contributed by atoms with E-state index in [1.165, 1.54) is 6.92 Å². The maximum atomic E-state index is 11.2. The summed E-state index contributed by atoms with van der Waals surface area (Å²) < 4.78 is 0. The summed E-state index contributed by atoms with van der Waals surface area (Å²) in [5, 5.41) is 10.8. The topological polar surface area (TPSA) is 40.9 Å². The van der Waals surface area contributed by atoms with Gasteiger partial charge in [0.2, 0.25) is 0 Å². The molecule has 0 saturated heterocycles. The van der Waals surface area contributed by atoms with Crippen LogP contribution in [0.15, 0.2) is 24.3 Å². The second kappa shape index (κ2) is 5.79. The van der Waals surface area contributed by atoms with E-state index in [1.807, 2.05) is 23.6 Å². The Morgan fingerprint density at radius 3 is 2.80 bits per heavy atom. The highest BCUT2D eigenvalue weighted by molar-refractivity contribution is 8.04. The van der Waals surface area contributed by atoms with Gasteiger partial charge in [-0.15, -0.1) is 0 Å². The van der Waals surface area contributed by atoms with Gasteiger partial charge in [0, 0.05) is 5.02 Å². The van der Waals surface area contributed by atoms with Crippen molar-refractivity contribution in [2.24, 2.45) is 0 Å². The Balaban J connectivity index is 2.79. The van der Waals surface area contributed by atoms with Crippen LogP contribution < -0.4 is 0 Å². The van der Waals surface area contributed by atoms with E-state index in [0.717, 1.165) is 17.3 Å². The lowest BCUT2D eigenvalue weighted by molar-refractivity contribution is -0.116. The van der Waals surface area contributed by atoms with E-state index < -0.39 is 0 Å². The first-order valence-corrected chi connectivity index (χ1v) is 5.69. The SMILES string of the molecule is CC(=O)[C@H](Cc1ccccc1Cl)SC#N. The van der Waals surface area contributed by atoms with E-state index in [-0.39, 0.29) is 11.0 Å². The fourth-order valence-electron chi connectivity index (χ4n) is 1.20. The smallest absolute Gasteiger partial charge is 0.144 e. The van der Waals surface area contributed by atoms with Gasteiger partial charge in [-0.3, -0.25) is 4.79 Å². The molecule has 1 aromatic rings. The van der Waals surface area contributed by atoms with Gasteiger partial charge in [0.1, 0.15) is 11.2 Å². The molecule has 1 atom stereocenters. The number of thiocyanates is 1. The summed E-state index contributed by atoms with van der Waals surface area (Å²) in [4.78, 5) is 11.2. The number of rotatable bonds is 4. The summed E-state index contributed by atoms with van der Waals surface area (Å²) in [5.41, 5.74) is 0.905. The van der Waals surface area contributed by atoms with Crippen LogP contribution in [0.5, 0.6) is 0 Å². The van der Waals surface area contributed by atoms with Gasteiger partial charge in [-0.1, -0.05) is 29.8 Å². The van der Waals surface area contributed by atoms with Crippen LogP contribution in [0.4, 0.5) is 0 Å². The number of Topliss-reactive ketones (excluding diaryl/α,β-unsaturated/α-hetero) is 1. The Morgan fingerprint density at radius 1 is 1.60 bits per heavy atom. The highest BCUT2D eigenvalue weighted by Gasteiger charge is 2.16. The third kappa shape index (κ3) is 3.58. The van der Waals surface area contributed by atoms with Crippen molar-refractivity contribution in [2.75, 3.05) is 0 Å². The molecule has 4 heteroatoms. The standard InChI is InChI=1S/C11H10ClNOS/c1-8(14)11(15-7-13)6-9-4-2-3-5-10(9)12/h2-5,11H,6H2,1H3/t11-/m0/s1. The van der Waals surface area contributed by atoms with E-state index in [9.17, 15) is 4.79 Å². The van der Waals surface area contributed by atoms with Crippen LogP contribution in [0, 0.1) is 10.7 Å². The lowest BCUT2D eigenvalue weighted by atomic mass is 10.1. The number of hydrogen-bond acceptors (Lipinski definition) is 3. The molecular formula is C11H10ClNOS. The number of halogens is 1. The van der Waals surface area contributed by atoms with E-state index >= 15 is 0 Å². The van der Waals surface area contributed by atoms with Gasteiger partial charge in [-0.05, 0) is 36.7 Å². The van der Waals surface area contributed by atoms with Gasteiger partial charge in [-0.2, -0.15) is 5.26 Å². The minimum Gasteiger partial charge on any atom is -0.299 e. The molecule has 1 rings (SSSR count). The minimum atomic E-state index is -0.324. The van der Waals surface area contributed by atoms with E-state index in [4.69, 9.17) is 16.9 Å². The molecule has 1 aromatic carbocycles. The number of nitriles is 1. The molecule has 0 N–H and O–H groups in total. The van der Waals surface area contributed by atoms with Crippen LogP contribution in [-0.2, 0) is 11.2 Å². The van der Waals surface area contributed by atoms with Gasteiger partial charge in [0.05, 0.1) is 5.25 Å². The zero-order valence-electron chi connectivity index (χ0n) is 8.24. The van der Waals surface area contributed by atoms with E-state index in [0.29, 0.717) is 11.4 Å². The molecule has 2 nitrogen and oxygen atoms in total. The zero-order valence-corrected chi connectivity index (χ0v) is 9.81. The van der Waals surface area contributed by atoms with Crippen LogP contribution in [0.2, 0.25) is 5.02 Å². The monoisotopic (exact) mass is 239 g/mol. The maximum Gasteiger partial charge on any atom is 0.144 e. The van der Waals surface area contributed by atoms with Gasteiger partial charge in [0.25, 0.3) is 0 Å². The Hall–Kier alpha value is -0.980. The van der Waals surface area contributed by atoms with Crippen molar-refractivity contribution in [1.82, 2.24) is 0 Å². The predicted octanol–water partition coefficient (Wildman–Crippen LogP) is 3.05. The van der Waals surface area contributed by atoms with Crippen LogP contribution in [0.1, 0.15) is 12.5 Å². The average molecular weight is 240 g/mol. The molecule has 0 aliphatic heterocycles. The van der Waals surface area contributed by atoms with Crippen LogP contribution in [0.3, 0.4) is 0 Å².